The van der Waals surface area contributed by atoms with Gasteiger partial charge in [-0.3, -0.25) is 10.1 Å². The Kier molecular flexibility index (Phi) is 4.61. The van der Waals surface area contributed by atoms with E-state index in [-0.39, 0.29) is 11.4 Å². The minimum Gasteiger partial charge on any atom is -0.494 e. The summed E-state index contributed by atoms with van der Waals surface area (Å²) in [5, 5.41) is 13.9. The Morgan fingerprint density at radius 3 is 2.76 bits per heavy atom. The quantitative estimate of drug-likeness (QED) is 0.483. The molecule has 21 heavy (non-hydrogen) atoms. The number of hydrogen-bond donors (Lipinski definition) is 2. The SMILES string of the molecule is CCOc1cccc(CNc2ccc([N+](=O)[O-])c(N)c2)c1. The molecular formula is C15H17N3O3. The van der Waals surface area contributed by atoms with Crippen molar-refractivity contribution in [3.8, 4) is 5.75 Å². The first-order chi connectivity index (χ1) is 10.1. The van der Waals surface area contributed by atoms with Crippen LogP contribution in [0.25, 0.3) is 0 Å². The molecule has 2 rings (SSSR count). The summed E-state index contributed by atoms with van der Waals surface area (Å²) in [6.07, 6.45) is 0. The summed E-state index contributed by atoms with van der Waals surface area (Å²) in [5.41, 5.74) is 7.50. The van der Waals surface area contributed by atoms with Gasteiger partial charge in [-0.1, -0.05) is 12.1 Å². The molecule has 110 valence electrons. The van der Waals surface area contributed by atoms with E-state index in [0.29, 0.717) is 13.2 Å². The molecule has 3 N–H and O–H groups in total. The highest BCUT2D eigenvalue weighted by Crippen LogP contribution is 2.25. The number of ether oxygens (including phenoxy) is 1. The van der Waals surface area contributed by atoms with Gasteiger partial charge >= 0.3 is 0 Å². The van der Waals surface area contributed by atoms with Gasteiger partial charge in [-0.15, -0.1) is 0 Å². The first kappa shape index (κ1) is 14.6. The van der Waals surface area contributed by atoms with Gasteiger partial charge in [0.2, 0.25) is 0 Å². The van der Waals surface area contributed by atoms with Gasteiger partial charge in [-0.25, -0.2) is 0 Å². The highest BCUT2D eigenvalue weighted by molar-refractivity contribution is 5.65. The molecule has 0 aliphatic rings. The molecule has 0 heterocycles. The Bertz CT molecular complexity index is 644. The Morgan fingerprint density at radius 1 is 1.29 bits per heavy atom. The molecule has 0 unspecified atom stereocenters. The van der Waals surface area contributed by atoms with Gasteiger partial charge in [0.05, 0.1) is 11.5 Å². The third-order valence-electron chi connectivity index (χ3n) is 2.93. The molecule has 0 aliphatic heterocycles. The number of nitrogen functional groups attached to an aromatic ring is 1. The van der Waals surface area contributed by atoms with E-state index in [9.17, 15) is 10.1 Å². The summed E-state index contributed by atoms with van der Waals surface area (Å²) in [7, 11) is 0. The lowest BCUT2D eigenvalue weighted by Gasteiger charge is -2.09. The molecular weight excluding hydrogens is 270 g/mol. The minimum atomic E-state index is -0.495. The van der Waals surface area contributed by atoms with E-state index >= 15 is 0 Å². The summed E-state index contributed by atoms with van der Waals surface area (Å²) in [5.74, 6) is 0.819. The molecule has 0 saturated carbocycles. The molecule has 0 saturated heterocycles. The van der Waals surface area contributed by atoms with Crippen molar-refractivity contribution in [1.82, 2.24) is 0 Å². The van der Waals surface area contributed by atoms with Gasteiger partial charge in [-0.05, 0) is 36.8 Å². The van der Waals surface area contributed by atoms with Crippen LogP contribution in [-0.4, -0.2) is 11.5 Å². The topological polar surface area (TPSA) is 90.4 Å². The number of anilines is 2. The summed E-state index contributed by atoms with van der Waals surface area (Å²) in [6, 6.07) is 12.3. The number of hydrogen-bond acceptors (Lipinski definition) is 5. The molecule has 0 aromatic heterocycles. The fourth-order valence-corrected chi connectivity index (χ4v) is 1.95. The molecule has 0 fully saturated rings. The fourth-order valence-electron chi connectivity index (χ4n) is 1.95. The molecule has 0 amide bonds. The Balaban J connectivity index is 2.04. The zero-order valence-electron chi connectivity index (χ0n) is 11.7. The van der Waals surface area contributed by atoms with Gasteiger partial charge in [-0.2, -0.15) is 0 Å². The number of nitrogens with two attached hydrogens (primary N) is 1. The first-order valence-electron chi connectivity index (χ1n) is 6.59. The Hall–Kier alpha value is -2.76. The van der Waals surface area contributed by atoms with E-state index < -0.39 is 4.92 Å². The monoisotopic (exact) mass is 287 g/mol. The summed E-state index contributed by atoms with van der Waals surface area (Å²) >= 11 is 0. The van der Waals surface area contributed by atoms with Crippen molar-refractivity contribution in [2.24, 2.45) is 0 Å². The maximum absolute atomic E-state index is 10.7. The summed E-state index contributed by atoms with van der Waals surface area (Å²) < 4.78 is 5.44. The second kappa shape index (κ2) is 6.60. The van der Waals surface area contributed by atoms with Crippen molar-refractivity contribution in [3.05, 3.63) is 58.1 Å². The highest BCUT2D eigenvalue weighted by Gasteiger charge is 2.10. The van der Waals surface area contributed by atoms with Gasteiger partial charge in [0.25, 0.3) is 5.69 Å². The maximum Gasteiger partial charge on any atom is 0.292 e. The van der Waals surface area contributed by atoms with Crippen LogP contribution in [0.1, 0.15) is 12.5 Å². The number of benzene rings is 2. The van der Waals surface area contributed by atoms with E-state index in [1.165, 1.54) is 6.07 Å². The predicted molar refractivity (Wildman–Crippen MR) is 82.4 cm³/mol. The molecule has 2 aromatic rings. The normalized spacial score (nSPS) is 10.1. The zero-order valence-corrected chi connectivity index (χ0v) is 11.7. The van der Waals surface area contributed by atoms with E-state index in [1.54, 1.807) is 12.1 Å². The van der Waals surface area contributed by atoms with Crippen molar-refractivity contribution in [2.75, 3.05) is 17.7 Å². The van der Waals surface area contributed by atoms with E-state index in [2.05, 4.69) is 5.32 Å². The standard InChI is InChI=1S/C15H17N3O3/c1-2-21-13-5-3-4-11(8-13)10-17-12-6-7-15(18(19)20)14(16)9-12/h3-9,17H,2,10,16H2,1H3. The predicted octanol–water partition coefficient (Wildman–Crippen LogP) is 3.19. The van der Waals surface area contributed by atoms with Crippen LogP contribution in [0, 0.1) is 10.1 Å². The van der Waals surface area contributed by atoms with Crippen molar-refractivity contribution >= 4 is 17.1 Å². The van der Waals surface area contributed by atoms with E-state index in [4.69, 9.17) is 10.5 Å². The van der Waals surface area contributed by atoms with Crippen LogP contribution in [0.15, 0.2) is 42.5 Å². The van der Waals surface area contributed by atoms with Crippen molar-refractivity contribution < 1.29 is 9.66 Å². The van der Waals surface area contributed by atoms with Crippen LogP contribution >= 0.6 is 0 Å². The highest BCUT2D eigenvalue weighted by atomic mass is 16.6. The average molecular weight is 287 g/mol. The van der Waals surface area contributed by atoms with Crippen LogP contribution in [0.3, 0.4) is 0 Å². The molecule has 6 heteroatoms. The second-order valence-electron chi connectivity index (χ2n) is 4.46. The van der Waals surface area contributed by atoms with Crippen LogP contribution < -0.4 is 15.8 Å². The minimum absolute atomic E-state index is 0.0844. The molecule has 0 atom stereocenters. The van der Waals surface area contributed by atoms with Crippen molar-refractivity contribution in [3.63, 3.8) is 0 Å². The summed E-state index contributed by atoms with van der Waals surface area (Å²) in [4.78, 5) is 10.2. The third kappa shape index (κ3) is 3.85. The van der Waals surface area contributed by atoms with Crippen LogP contribution in [0.2, 0.25) is 0 Å². The van der Waals surface area contributed by atoms with Crippen molar-refractivity contribution in [1.29, 1.82) is 0 Å². The molecule has 0 aliphatic carbocycles. The number of nitrogens with one attached hydrogen (secondary N) is 1. The molecule has 2 aromatic carbocycles. The molecule has 0 spiro atoms. The largest absolute Gasteiger partial charge is 0.494 e. The van der Waals surface area contributed by atoms with Crippen molar-refractivity contribution in [2.45, 2.75) is 13.5 Å². The van der Waals surface area contributed by atoms with Crippen LogP contribution in [-0.2, 0) is 6.54 Å². The zero-order chi connectivity index (χ0) is 15.2. The number of nitro benzene ring substituents is 1. The molecule has 0 bridgehead atoms. The smallest absolute Gasteiger partial charge is 0.292 e. The maximum atomic E-state index is 10.7. The lowest BCUT2D eigenvalue weighted by atomic mass is 10.2. The fraction of sp³-hybridized carbons (Fsp3) is 0.200. The lowest BCUT2D eigenvalue weighted by Crippen LogP contribution is -2.02. The van der Waals surface area contributed by atoms with Crippen LogP contribution in [0.5, 0.6) is 5.75 Å². The van der Waals surface area contributed by atoms with Crippen LogP contribution in [0.4, 0.5) is 17.1 Å². The number of nitrogens with zero attached hydrogens (tertiary/aromatic N) is 1. The number of nitro groups is 1. The first-order valence-corrected chi connectivity index (χ1v) is 6.59. The van der Waals surface area contributed by atoms with Gasteiger partial charge < -0.3 is 15.8 Å². The van der Waals surface area contributed by atoms with Gasteiger partial charge in [0.1, 0.15) is 11.4 Å². The average Bonchev–Trinajstić information content (AvgIpc) is 2.45. The molecule has 0 radical (unpaired) electrons. The Morgan fingerprint density at radius 2 is 2.10 bits per heavy atom. The second-order valence-corrected chi connectivity index (χ2v) is 4.46. The third-order valence-corrected chi connectivity index (χ3v) is 2.93. The number of rotatable bonds is 6. The molecule has 6 nitrogen and oxygen atoms in total. The lowest BCUT2D eigenvalue weighted by molar-refractivity contribution is -0.383. The summed E-state index contributed by atoms with van der Waals surface area (Å²) in [6.45, 7) is 3.14. The van der Waals surface area contributed by atoms with Gasteiger partial charge in [0.15, 0.2) is 0 Å². The van der Waals surface area contributed by atoms with E-state index in [0.717, 1.165) is 17.0 Å². The Labute approximate surface area is 122 Å². The van der Waals surface area contributed by atoms with E-state index in [1.807, 2.05) is 31.2 Å². The van der Waals surface area contributed by atoms with Gasteiger partial charge in [0, 0.05) is 18.3 Å².